The van der Waals surface area contributed by atoms with Crippen LogP contribution in [0.25, 0.3) is 11.3 Å². The normalized spacial score (nSPS) is 15.2. The van der Waals surface area contributed by atoms with Crippen LogP contribution in [0.4, 0.5) is 0 Å². The monoisotopic (exact) mass is 607 g/mol. The summed E-state index contributed by atoms with van der Waals surface area (Å²) in [4.78, 5) is 41.3. The Labute approximate surface area is 238 Å². The predicted octanol–water partition coefficient (Wildman–Crippen LogP) is 4.80. The molecule has 1 N–H and O–H groups in total. The van der Waals surface area contributed by atoms with Gasteiger partial charge in [0.25, 0.3) is 17.4 Å². The van der Waals surface area contributed by atoms with Crippen molar-refractivity contribution >= 4 is 45.0 Å². The largest absolute Gasteiger partial charge is 0.355 e. The lowest BCUT2D eigenvalue weighted by Gasteiger charge is -2.30. The van der Waals surface area contributed by atoms with Crippen LogP contribution in [0, 0.1) is 5.92 Å². The molecule has 8 nitrogen and oxygen atoms in total. The van der Waals surface area contributed by atoms with Crippen molar-refractivity contribution in [1.82, 2.24) is 24.4 Å². The summed E-state index contributed by atoms with van der Waals surface area (Å²) in [7, 11) is 1.59. The Morgan fingerprint density at radius 2 is 1.87 bits per heavy atom. The minimum absolute atomic E-state index is 0.112. The van der Waals surface area contributed by atoms with Crippen LogP contribution in [-0.2, 0) is 19.4 Å². The van der Waals surface area contributed by atoms with E-state index in [0.717, 1.165) is 27.8 Å². The second-order valence-electron chi connectivity index (χ2n) is 10.2. The SMILES string of the molecule is CNC(=O)c1ccc(-n2c(=O)c3c(n4ncc(CC5CCC5)c24)CN(C(=O)c2ccc(Br)c(Cl)c2)CC3)cc1. The molecule has 0 radical (unpaired) electrons. The van der Waals surface area contributed by atoms with Gasteiger partial charge in [-0.25, -0.2) is 4.52 Å². The zero-order chi connectivity index (χ0) is 27.3. The number of benzene rings is 2. The Bertz CT molecular complexity index is 1670. The standard InChI is InChI=1S/C29H27BrClN5O3/c1-32-26(37)18-5-8-21(9-6-18)35-27-20(13-17-3-2-4-17)15-33-36(27)25-16-34(12-11-22(25)29(35)39)28(38)19-7-10-23(30)24(31)14-19/h5-10,14-15,17H,2-4,11-13,16H2,1H3,(H,32,37). The Balaban J connectivity index is 1.45. The molecule has 6 rings (SSSR count). The van der Waals surface area contributed by atoms with Crippen molar-refractivity contribution in [3.63, 3.8) is 0 Å². The number of rotatable bonds is 5. The van der Waals surface area contributed by atoms with Crippen LogP contribution in [0.2, 0.25) is 5.02 Å². The van der Waals surface area contributed by atoms with E-state index in [0.29, 0.717) is 46.3 Å². The molecule has 2 amide bonds. The average Bonchev–Trinajstić information content (AvgIpc) is 3.35. The first-order valence-electron chi connectivity index (χ1n) is 13.1. The van der Waals surface area contributed by atoms with Crippen molar-refractivity contribution in [2.24, 2.45) is 5.92 Å². The number of carbonyl (C=O) groups excluding carboxylic acids is 2. The molecule has 0 spiro atoms. The van der Waals surface area contributed by atoms with E-state index in [4.69, 9.17) is 16.7 Å². The Morgan fingerprint density at radius 1 is 1.13 bits per heavy atom. The van der Waals surface area contributed by atoms with Crippen LogP contribution in [-0.4, -0.2) is 44.5 Å². The Morgan fingerprint density at radius 3 is 2.54 bits per heavy atom. The van der Waals surface area contributed by atoms with Crippen molar-refractivity contribution in [3.05, 3.63) is 96.5 Å². The molecular formula is C29H27BrClN5O3. The first-order chi connectivity index (χ1) is 18.9. The highest BCUT2D eigenvalue weighted by atomic mass is 79.9. The first-order valence-corrected chi connectivity index (χ1v) is 14.2. The summed E-state index contributed by atoms with van der Waals surface area (Å²) in [5, 5.41) is 7.85. The number of fused-ring (bicyclic) bond motifs is 3. The lowest BCUT2D eigenvalue weighted by Crippen LogP contribution is -2.41. The van der Waals surface area contributed by atoms with Gasteiger partial charge in [0.15, 0.2) is 0 Å². The third-order valence-corrected chi connectivity index (χ3v) is 9.10. The van der Waals surface area contributed by atoms with Gasteiger partial charge in [0.05, 0.1) is 29.1 Å². The molecule has 1 fully saturated rings. The fourth-order valence-corrected chi connectivity index (χ4v) is 5.92. The van der Waals surface area contributed by atoms with E-state index in [1.165, 1.54) is 19.3 Å². The highest BCUT2D eigenvalue weighted by Crippen LogP contribution is 2.32. The molecule has 0 atom stereocenters. The van der Waals surface area contributed by atoms with Crippen molar-refractivity contribution in [2.75, 3.05) is 13.6 Å². The number of aromatic nitrogens is 3. The summed E-state index contributed by atoms with van der Waals surface area (Å²) in [5.41, 5.74) is 4.70. The molecule has 0 unspecified atom stereocenters. The molecule has 1 aliphatic heterocycles. The quantitative estimate of drug-likeness (QED) is 0.353. The van der Waals surface area contributed by atoms with Gasteiger partial charge in [-0.05, 0) is 77.2 Å². The number of halogens is 2. The van der Waals surface area contributed by atoms with Gasteiger partial charge < -0.3 is 10.2 Å². The third kappa shape index (κ3) is 4.57. The highest BCUT2D eigenvalue weighted by Gasteiger charge is 2.30. The van der Waals surface area contributed by atoms with E-state index in [1.54, 1.807) is 59.0 Å². The summed E-state index contributed by atoms with van der Waals surface area (Å²) < 4.78 is 4.29. The molecule has 2 aromatic heterocycles. The molecule has 3 heterocycles. The fourth-order valence-electron chi connectivity index (χ4n) is 5.50. The average molecular weight is 609 g/mol. The van der Waals surface area contributed by atoms with Crippen molar-refractivity contribution < 1.29 is 9.59 Å². The second kappa shape index (κ2) is 10.3. The smallest absolute Gasteiger partial charge is 0.261 e. The van der Waals surface area contributed by atoms with Crippen molar-refractivity contribution in [3.8, 4) is 5.69 Å². The first kappa shape index (κ1) is 25.8. The molecule has 2 aliphatic rings. The van der Waals surface area contributed by atoms with E-state index < -0.39 is 0 Å². The molecule has 10 heteroatoms. The molecular weight excluding hydrogens is 582 g/mol. The minimum atomic E-state index is -0.184. The van der Waals surface area contributed by atoms with Gasteiger partial charge in [-0.1, -0.05) is 30.9 Å². The minimum Gasteiger partial charge on any atom is -0.355 e. The van der Waals surface area contributed by atoms with Crippen LogP contribution >= 0.6 is 27.5 Å². The van der Waals surface area contributed by atoms with Crippen LogP contribution in [0.5, 0.6) is 0 Å². The summed E-state index contributed by atoms with van der Waals surface area (Å²) in [5.74, 6) is 0.254. The molecule has 1 aliphatic carbocycles. The summed E-state index contributed by atoms with van der Waals surface area (Å²) in [6.07, 6.45) is 6.69. The van der Waals surface area contributed by atoms with Crippen LogP contribution in [0.3, 0.4) is 0 Å². The molecule has 200 valence electrons. The van der Waals surface area contributed by atoms with Crippen LogP contribution in [0.15, 0.2) is 57.9 Å². The lowest BCUT2D eigenvalue weighted by atomic mass is 9.81. The van der Waals surface area contributed by atoms with Gasteiger partial charge in [-0.15, -0.1) is 0 Å². The number of amides is 2. The lowest BCUT2D eigenvalue weighted by molar-refractivity contribution is 0.0729. The number of hydrogen-bond donors (Lipinski definition) is 1. The number of carbonyl (C=O) groups is 2. The molecule has 2 aromatic carbocycles. The zero-order valence-electron chi connectivity index (χ0n) is 21.4. The van der Waals surface area contributed by atoms with E-state index in [-0.39, 0.29) is 23.9 Å². The van der Waals surface area contributed by atoms with Gasteiger partial charge in [-0.2, -0.15) is 5.10 Å². The van der Waals surface area contributed by atoms with E-state index in [9.17, 15) is 14.4 Å². The molecule has 4 aromatic rings. The number of nitrogens with zero attached hydrogens (tertiary/aromatic N) is 4. The van der Waals surface area contributed by atoms with Crippen molar-refractivity contribution in [2.45, 2.75) is 38.6 Å². The molecule has 0 saturated heterocycles. The topological polar surface area (TPSA) is 88.7 Å². The van der Waals surface area contributed by atoms with Gasteiger partial charge >= 0.3 is 0 Å². The van der Waals surface area contributed by atoms with Gasteiger partial charge in [0.1, 0.15) is 5.65 Å². The maximum absolute atomic E-state index is 14.1. The Kier molecular flexibility index (Phi) is 6.81. The predicted molar refractivity (Wildman–Crippen MR) is 153 cm³/mol. The highest BCUT2D eigenvalue weighted by molar-refractivity contribution is 9.10. The maximum atomic E-state index is 14.1. The third-order valence-electron chi connectivity index (χ3n) is 7.87. The van der Waals surface area contributed by atoms with E-state index >= 15 is 0 Å². The number of hydrogen-bond acceptors (Lipinski definition) is 4. The fraction of sp³-hybridized carbons (Fsp3) is 0.310. The van der Waals surface area contributed by atoms with Crippen LogP contribution < -0.4 is 10.9 Å². The zero-order valence-corrected chi connectivity index (χ0v) is 23.8. The van der Waals surface area contributed by atoms with Crippen molar-refractivity contribution in [1.29, 1.82) is 0 Å². The van der Waals surface area contributed by atoms with Crippen LogP contribution in [0.1, 0.15) is 56.8 Å². The second-order valence-corrected chi connectivity index (χ2v) is 11.5. The maximum Gasteiger partial charge on any atom is 0.261 e. The molecule has 39 heavy (non-hydrogen) atoms. The van der Waals surface area contributed by atoms with Gasteiger partial charge in [0.2, 0.25) is 0 Å². The van der Waals surface area contributed by atoms with Gasteiger partial charge in [0, 0.05) is 40.3 Å². The van der Waals surface area contributed by atoms with E-state index in [2.05, 4.69) is 21.2 Å². The number of nitrogens with one attached hydrogen (secondary N) is 1. The molecule has 0 bridgehead atoms. The Hall–Kier alpha value is -3.43. The summed E-state index contributed by atoms with van der Waals surface area (Å²) >= 11 is 9.63. The summed E-state index contributed by atoms with van der Waals surface area (Å²) in [6, 6.07) is 12.2. The van der Waals surface area contributed by atoms with Gasteiger partial charge in [-0.3, -0.25) is 19.0 Å². The summed E-state index contributed by atoms with van der Waals surface area (Å²) in [6.45, 7) is 0.681. The van der Waals surface area contributed by atoms with E-state index in [1.807, 2.05) is 10.7 Å². The molecule has 1 saturated carbocycles.